The summed E-state index contributed by atoms with van der Waals surface area (Å²) in [5.41, 5.74) is 0.867. The molecule has 1 unspecified atom stereocenters. The second-order valence-corrected chi connectivity index (χ2v) is 4.34. The van der Waals surface area contributed by atoms with Crippen LogP contribution in [-0.4, -0.2) is 33.4 Å². The third-order valence-electron chi connectivity index (χ3n) is 2.61. The molecule has 0 radical (unpaired) electrons. The minimum Gasteiger partial charge on any atom is -0.480 e. The van der Waals surface area contributed by atoms with Crippen LogP contribution in [0.15, 0.2) is 6.20 Å². The number of halogens is 1. The molecular weight excluding hydrogens is 242 g/mol. The van der Waals surface area contributed by atoms with Gasteiger partial charge in [-0.15, -0.1) is 0 Å². The molecule has 1 heterocycles. The zero-order chi connectivity index (χ0) is 12.8. The molecule has 0 spiro atoms. The Morgan fingerprint density at radius 2 is 2.41 bits per heavy atom. The molecule has 0 bridgehead atoms. The van der Waals surface area contributed by atoms with Crippen molar-refractivity contribution in [3.63, 3.8) is 0 Å². The van der Waals surface area contributed by atoms with Gasteiger partial charge in [0.05, 0.1) is 16.9 Å². The molecule has 0 aliphatic heterocycles. The molecule has 6 heteroatoms. The number of nitrogens with one attached hydrogen (secondary N) is 1. The average Bonchev–Trinajstić information content (AvgIpc) is 2.60. The van der Waals surface area contributed by atoms with Crippen LogP contribution in [0.3, 0.4) is 0 Å². The summed E-state index contributed by atoms with van der Waals surface area (Å²) in [5, 5.41) is 16.7. The molecule has 0 saturated heterocycles. The molecule has 96 valence electrons. The van der Waals surface area contributed by atoms with Crippen LogP contribution in [0.5, 0.6) is 0 Å². The standard InChI is InChI=1S/C11H18ClN3O2/c1-3-5-13-10(11(16)17)4-6-15-8(2)9(12)7-14-15/h7,10,13H,3-6H2,1-2H3,(H,16,17). The van der Waals surface area contributed by atoms with E-state index in [0.717, 1.165) is 12.1 Å². The molecule has 0 fully saturated rings. The van der Waals surface area contributed by atoms with E-state index in [9.17, 15) is 4.79 Å². The lowest BCUT2D eigenvalue weighted by Crippen LogP contribution is -2.38. The van der Waals surface area contributed by atoms with Gasteiger partial charge in [0.15, 0.2) is 0 Å². The molecule has 0 aliphatic carbocycles. The highest BCUT2D eigenvalue weighted by molar-refractivity contribution is 6.31. The van der Waals surface area contributed by atoms with Crippen molar-refractivity contribution < 1.29 is 9.90 Å². The van der Waals surface area contributed by atoms with Crippen LogP contribution in [0.4, 0.5) is 0 Å². The van der Waals surface area contributed by atoms with Crippen molar-refractivity contribution in [2.45, 2.75) is 39.3 Å². The van der Waals surface area contributed by atoms with Crippen LogP contribution in [-0.2, 0) is 11.3 Å². The fourth-order valence-electron chi connectivity index (χ4n) is 1.53. The van der Waals surface area contributed by atoms with E-state index in [1.165, 1.54) is 0 Å². The predicted octanol–water partition coefficient (Wildman–Crippen LogP) is 1.69. The quantitative estimate of drug-likeness (QED) is 0.782. The Labute approximate surface area is 106 Å². The maximum atomic E-state index is 11.0. The van der Waals surface area contributed by atoms with Crippen molar-refractivity contribution in [2.24, 2.45) is 0 Å². The van der Waals surface area contributed by atoms with Crippen LogP contribution in [0.2, 0.25) is 5.02 Å². The van der Waals surface area contributed by atoms with Gasteiger partial charge < -0.3 is 10.4 Å². The minimum absolute atomic E-state index is 0.494. The van der Waals surface area contributed by atoms with E-state index in [2.05, 4.69) is 10.4 Å². The Hall–Kier alpha value is -1.07. The van der Waals surface area contributed by atoms with Crippen LogP contribution in [0.25, 0.3) is 0 Å². The Bertz CT molecular complexity index is 379. The maximum absolute atomic E-state index is 11.0. The third kappa shape index (κ3) is 4.02. The number of aromatic nitrogens is 2. The van der Waals surface area contributed by atoms with E-state index in [0.29, 0.717) is 24.5 Å². The van der Waals surface area contributed by atoms with E-state index in [-0.39, 0.29) is 0 Å². The van der Waals surface area contributed by atoms with Gasteiger partial charge in [0.25, 0.3) is 0 Å². The minimum atomic E-state index is -0.825. The summed E-state index contributed by atoms with van der Waals surface area (Å²) in [7, 11) is 0. The molecule has 1 aromatic heterocycles. The molecule has 5 nitrogen and oxygen atoms in total. The second kappa shape index (κ2) is 6.61. The van der Waals surface area contributed by atoms with Gasteiger partial charge in [0.2, 0.25) is 0 Å². The number of carboxylic acid groups (broad SMARTS) is 1. The highest BCUT2D eigenvalue weighted by atomic mass is 35.5. The van der Waals surface area contributed by atoms with Crippen molar-refractivity contribution in [2.75, 3.05) is 6.54 Å². The first-order chi connectivity index (χ1) is 8.06. The smallest absolute Gasteiger partial charge is 0.320 e. The number of carbonyl (C=O) groups is 1. The predicted molar refractivity (Wildman–Crippen MR) is 66.3 cm³/mol. The van der Waals surface area contributed by atoms with Gasteiger partial charge in [0, 0.05) is 6.54 Å². The molecule has 0 aliphatic rings. The normalized spacial score (nSPS) is 12.6. The van der Waals surface area contributed by atoms with E-state index in [4.69, 9.17) is 16.7 Å². The largest absolute Gasteiger partial charge is 0.480 e. The monoisotopic (exact) mass is 259 g/mol. The summed E-state index contributed by atoms with van der Waals surface area (Å²) in [6.07, 6.45) is 2.98. The van der Waals surface area contributed by atoms with Crippen LogP contribution < -0.4 is 5.32 Å². The maximum Gasteiger partial charge on any atom is 0.320 e. The number of hydrogen-bond donors (Lipinski definition) is 2. The van der Waals surface area contributed by atoms with Crippen molar-refractivity contribution in [3.8, 4) is 0 Å². The van der Waals surface area contributed by atoms with Crippen LogP contribution in [0, 0.1) is 6.92 Å². The van der Waals surface area contributed by atoms with Gasteiger partial charge in [-0.3, -0.25) is 9.48 Å². The van der Waals surface area contributed by atoms with Crippen LogP contribution in [0.1, 0.15) is 25.5 Å². The SMILES string of the molecule is CCCNC(CCn1ncc(Cl)c1C)C(=O)O. The summed E-state index contributed by atoms with van der Waals surface area (Å²) < 4.78 is 1.73. The number of carboxylic acids is 1. The number of nitrogens with zero attached hydrogens (tertiary/aromatic N) is 2. The summed E-state index contributed by atoms with van der Waals surface area (Å²) in [5.74, 6) is -0.825. The van der Waals surface area contributed by atoms with Gasteiger partial charge in [-0.25, -0.2) is 0 Å². The lowest BCUT2D eigenvalue weighted by Gasteiger charge is -2.14. The summed E-state index contributed by atoms with van der Waals surface area (Å²) in [6.45, 7) is 5.12. The summed E-state index contributed by atoms with van der Waals surface area (Å²) >= 11 is 5.88. The first kappa shape index (κ1) is 14.0. The molecule has 1 aromatic rings. The lowest BCUT2D eigenvalue weighted by molar-refractivity contribution is -0.139. The number of rotatable bonds is 7. The highest BCUT2D eigenvalue weighted by Gasteiger charge is 2.16. The Morgan fingerprint density at radius 1 is 1.71 bits per heavy atom. The summed E-state index contributed by atoms with van der Waals surface area (Å²) in [6, 6.07) is -0.530. The Kier molecular flexibility index (Phi) is 5.44. The van der Waals surface area contributed by atoms with Gasteiger partial charge in [-0.1, -0.05) is 18.5 Å². The fraction of sp³-hybridized carbons (Fsp3) is 0.636. The van der Waals surface area contributed by atoms with Crippen molar-refractivity contribution in [3.05, 3.63) is 16.9 Å². The molecule has 1 rings (SSSR count). The van der Waals surface area contributed by atoms with E-state index >= 15 is 0 Å². The van der Waals surface area contributed by atoms with Gasteiger partial charge >= 0.3 is 5.97 Å². The second-order valence-electron chi connectivity index (χ2n) is 3.93. The van der Waals surface area contributed by atoms with Gasteiger partial charge in [-0.2, -0.15) is 5.10 Å². The lowest BCUT2D eigenvalue weighted by atomic mass is 10.2. The molecule has 0 amide bonds. The summed E-state index contributed by atoms with van der Waals surface area (Å²) in [4.78, 5) is 11.0. The zero-order valence-corrected chi connectivity index (χ0v) is 10.9. The first-order valence-corrected chi connectivity index (χ1v) is 6.08. The topological polar surface area (TPSA) is 67.2 Å². The first-order valence-electron chi connectivity index (χ1n) is 5.70. The molecule has 0 aromatic carbocycles. The molecule has 2 N–H and O–H groups in total. The Morgan fingerprint density at radius 3 is 2.88 bits per heavy atom. The van der Waals surface area contributed by atoms with Gasteiger partial charge in [-0.05, 0) is 26.3 Å². The Balaban J connectivity index is 2.51. The third-order valence-corrected chi connectivity index (χ3v) is 2.98. The van der Waals surface area contributed by atoms with Crippen molar-refractivity contribution >= 4 is 17.6 Å². The molecule has 1 atom stereocenters. The number of hydrogen-bond acceptors (Lipinski definition) is 3. The number of aryl methyl sites for hydroxylation is 1. The van der Waals surface area contributed by atoms with Crippen molar-refractivity contribution in [1.82, 2.24) is 15.1 Å². The molecular formula is C11H18ClN3O2. The van der Waals surface area contributed by atoms with Gasteiger partial charge in [0.1, 0.15) is 6.04 Å². The van der Waals surface area contributed by atoms with E-state index in [1.807, 2.05) is 13.8 Å². The highest BCUT2D eigenvalue weighted by Crippen LogP contribution is 2.13. The zero-order valence-electron chi connectivity index (χ0n) is 10.1. The van der Waals surface area contributed by atoms with E-state index < -0.39 is 12.0 Å². The fourth-order valence-corrected chi connectivity index (χ4v) is 1.67. The van der Waals surface area contributed by atoms with Crippen molar-refractivity contribution in [1.29, 1.82) is 0 Å². The molecule has 0 saturated carbocycles. The average molecular weight is 260 g/mol. The van der Waals surface area contributed by atoms with E-state index in [1.54, 1.807) is 10.9 Å². The van der Waals surface area contributed by atoms with Crippen LogP contribution >= 0.6 is 11.6 Å². The number of aliphatic carboxylic acids is 1. The molecule has 17 heavy (non-hydrogen) atoms.